The van der Waals surface area contributed by atoms with Gasteiger partial charge in [-0.1, -0.05) is 12.0 Å². The third kappa shape index (κ3) is 1.68. The molecule has 0 amide bonds. The van der Waals surface area contributed by atoms with Gasteiger partial charge in [0.2, 0.25) is 5.95 Å². The van der Waals surface area contributed by atoms with Crippen LogP contribution in [0.15, 0.2) is 0 Å². The lowest BCUT2D eigenvalue weighted by molar-refractivity contribution is 0.438. The Kier molecular flexibility index (Phi) is 2.58. The summed E-state index contributed by atoms with van der Waals surface area (Å²) in [7, 11) is 1.84. The summed E-state index contributed by atoms with van der Waals surface area (Å²) in [5.74, 6) is 1.39. The normalized spacial score (nSPS) is 28.1. The fourth-order valence-electron chi connectivity index (χ4n) is 1.70. The van der Waals surface area contributed by atoms with Gasteiger partial charge in [-0.2, -0.15) is 0 Å². The molecule has 0 bridgehead atoms. The van der Waals surface area contributed by atoms with Crippen molar-refractivity contribution in [2.24, 2.45) is 13.0 Å². The number of hydrogen-bond donors (Lipinski definition) is 0. The van der Waals surface area contributed by atoms with Crippen molar-refractivity contribution < 1.29 is 0 Å². The van der Waals surface area contributed by atoms with Gasteiger partial charge in [-0.15, -0.1) is 11.6 Å². The summed E-state index contributed by atoms with van der Waals surface area (Å²) >= 11 is 6.21. The van der Waals surface area contributed by atoms with Crippen LogP contribution in [0.3, 0.4) is 0 Å². The minimum atomic E-state index is 0.195. The number of piperidine rings is 1. The largest absolute Gasteiger partial charge is 0.338 e. The summed E-state index contributed by atoms with van der Waals surface area (Å²) in [5.41, 5.74) is 0. The zero-order chi connectivity index (χ0) is 10.1. The Bertz CT molecular complexity index is 312. The molecule has 0 N–H and O–H groups in total. The summed E-state index contributed by atoms with van der Waals surface area (Å²) in [6, 6.07) is 0. The summed E-state index contributed by atoms with van der Waals surface area (Å²) in [4.78, 5) is 2.14. The number of aryl methyl sites for hydroxylation is 1. The molecule has 14 heavy (non-hydrogen) atoms. The van der Waals surface area contributed by atoms with E-state index in [4.69, 9.17) is 11.6 Å². The molecule has 2 heterocycles. The number of aromatic nitrogens is 4. The van der Waals surface area contributed by atoms with E-state index in [2.05, 4.69) is 27.3 Å². The van der Waals surface area contributed by atoms with E-state index in [-0.39, 0.29) is 5.38 Å². The molecular formula is C8H14ClN5. The number of rotatable bonds is 1. The quantitative estimate of drug-likeness (QED) is 0.646. The Labute approximate surface area is 88.0 Å². The third-order valence-electron chi connectivity index (χ3n) is 2.75. The van der Waals surface area contributed by atoms with Gasteiger partial charge in [-0.05, 0) is 22.8 Å². The molecule has 2 rings (SSSR count). The van der Waals surface area contributed by atoms with Crippen LogP contribution in [0, 0.1) is 5.92 Å². The first-order chi connectivity index (χ1) is 6.68. The maximum atomic E-state index is 6.21. The van der Waals surface area contributed by atoms with E-state index in [0.29, 0.717) is 5.92 Å². The van der Waals surface area contributed by atoms with Crippen LogP contribution in [-0.2, 0) is 7.05 Å². The van der Waals surface area contributed by atoms with Crippen molar-refractivity contribution in [2.75, 3.05) is 18.0 Å². The van der Waals surface area contributed by atoms with E-state index in [1.807, 2.05) is 7.05 Å². The zero-order valence-corrected chi connectivity index (χ0v) is 9.15. The fourth-order valence-corrected chi connectivity index (χ4v) is 1.99. The SMILES string of the molecule is CC1CCN(c2nnnn2C)CC1Cl. The smallest absolute Gasteiger partial charge is 0.245 e. The first-order valence-electron chi connectivity index (χ1n) is 4.80. The second-order valence-corrected chi connectivity index (χ2v) is 4.39. The minimum Gasteiger partial charge on any atom is -0.338 e. The number of nitrogens with zero attached hydrogens (tertiary/aromatic N) is 5. The van der Waals surface area contributed by atoms with Crippen molar-refractivity contribution in [2.45, 2.75) is 18.7 Å². The predicted octanol–water partition coefficient (Wildman–Crippen LogP) is 0.664. The lowest BCUT2D eigenvalue weighted by Crippen LogP contribution is -2.41. The van der Waals surface area contributed by atoms with Crippen LogP contribution in [0.25, 0.3) is 0 Å². The highest BCUT2D eigenvalue weighted by atomic mass is 35.5. The molecule has 0 aliphatic carbocycles. The fraction of sp³-hybridized carbons (Fsp3) is 0.875. The molecule has 1 saturated heterocycles. The highest BCUT2D eigenvalue weighted by Gasteiger charge is 2.26. The maximum absolute atomic E-state index is 6.21. The summed E-state index contributed by atoms with van der Waals surface area (Å²) < 4.78 is 1.68. The number of alkyl halides is 1. The molecule has 5 nitrogen and oxygen atoms in total. The number of tetrazole rings is 1. The molecule has 78 valence electrons. The second-order valence-electron chi connectivity index (χ2n) is 3.83. The Morgan fingerprint density at radius 3 is 2.86 bits per heavy atom. The lowest BCUT2D eigenvalue weighted by Gasteiger charge is -2.33. The van der Waals surface area contributed by atoms with Gasteiger partial charge in [-0.25, -0.2) is 4.68 Å². The summed E-state index contributed by atoms with van der Waals surface area (Å²) in [6.45, 7) is 4.00. The number of hydrogen-bond acceptors (Lipinski definition) is 4. The summed E-state index contributed by atoms with van der Waals surface area (Å²) in [6.07, 6.45) is 1.10. The molecule has 0 saturated carbocycles. The van der Waals surface area contributed by atoms with E-state index >= 15 is 0 Å². The van der Waals surface area contributed by atoms with E-state index in [1.54, 1.807) is 4.68 Å². The van der Waals surface area contributed by atoms with Gasteiger partial charge >= 0.3 is 0 Å². The van der Waals surface area contributed by atoms with Crippen LogP contribution in [0.1, 0.15) is 13.3 Å². The van der Waals surface area contributed by atoms with Crippen LogP contribution in [0.4, 0.5) is 5.95 Å². The standard InChI is InChI=1S/C8H14ClN5/c1-6-3-4-14(5-7(6)9)8-10-11-12-13(8)2/h6-7H,3-5H2,1-2H3. The van der Waals surface area contributed by atoms with Gasteiger partial charge in [0.25, 0.3) is 0 Å². The van der Waals surface area contributed by atoms with Gasteiger partial charge < -0.3 is 4.90 Å². The molecule has 6 heteroatoms. The first-order valence-corrected chi connectivity index (χ1v) is 5.23. The van der Waals surface area contributed by atoms with Crippen molar-refractivity contribution in [3.63, 3.8) is 0 Å². The van der Waals surface area contributed by atoms with Crippen LogP contribution in [0.5, 0.6) is 0 Å². The Morgan fingerprint density at radius 1 is 1.50 bits per heavy atom. The molecule has 0 spiro atoms. The predicted molar refractivity (Wildman–Crippen MR) is 54.4 cm³/mol. The molecular weight excluding hydrogens is 202 g/mol. The van der Waals surface area contributed by atoms with Gasteiger partial charge in [0.1, 0.15) is 0 Å². The van der Waals surface area contributed by atoms with Gasteiger partial charge in [0, 0.05) is 20.1 Å². The number of anilines is 1. The van der Waals surface area contributed by atoms with Crippen LogP contribution >= 0.6 is 11.6 Å². The summed E-state index contributed by atoms with van der Waals surface area (Å²) in [5, 5.41) is 11.6. The highest BCUT2D eigenvalue weighted by Crippen LogP contribution is 2.24. The van der Waals surface area contributed by atoms with E-state index < -0.39 is 0 Å². The van der Waals surface area contributed by atoms with Crippen molar-refractivity contribution in [3.8, 4) is 0 Å². The van der Waals surface area contributed by atoms with Gasteiger partial charge in [0.05, 0.1) is 5.38 Å². The van der Waals surface area contributed by atoms with E-state index in [0.717, 1.165) is 25.5 Å². The van der Waals surface area contributed by atoms with Crippen molar-refractivity contribution >= 4 is 17.5 Å². The minimum absolute atomic E-state index is 0.195. The number of halogens is 1. The average Bonchev–Trinajstić information content (AvgIpc) is 2.57. The molecule has 1 fully saturated rings. The first kappa shape index (κ1) is 9.71. The molecule has 1 aromatic heterocycles. The van der Waals surface area contributed by atoms with Crippen LogP contribution in [-0.4, -0.2) is 38.7 Å². The second kappa shape index (κ2) is 3.73. The molecule has 1 aromatic rings. The van der Waals surface area contributed by atoms with Gasteiger partial charge in [0.15, 0.2) is 0 Å². The van der Waals surface area contributed by atoms with Crippen molar-refractivity contribution in [1.29, 1.82) is 0 Å². The van der Waals surface area contributed by atoms with E-state index in [9.17, 15) is 0 Å². The highest BCUT2D eigenvalue weighted by molar-refractivity contribution is 6.21. The lowest BCUT2D eigenvalue weighted by atomic mass is 9.99. The topological polar surface area (TPSA) is 46.8 Å². The molecule has 2 unspecified atom stereocenters. The van der Waals surface area contributed by atoms with Gasteiger partial charge in [-0.3, -0.25) is 0 Å². The molecule has 1 aliphatic heterocycles. The van der Waals surface area contributed by atoms with Crippen LogP contribution in [0.2, 0.25) is 0 Å². The average molecular weight is 216 g/mol. The zero-order valence-electron chi connectivity index (χ0n) is 8.39. The maximum Gasteiger partial charge on any atom is 0.245 e. The van der Waals surface area contributed by atoms with Crippen molar-refractivity contribution in [3.05, 3.63) is 0 Å². The molecule has 0 radical (unpaired) electrons. The Hall–Kier alpha value is -0.840. The van der Waals surface area contributed by atoms with E-state index in [1.165, 1.54) is 0 Å². The van der Waals surface area contributed by atoms with Crippen LogP contribution < -0.4 is 4.90 Å². The molecule has 2 atom stereocenters. The van der Waals surface area contributed by atoms with Crippen molar-refractivity contribution in [1.82, 2.24) is 20.2 Å². The Balaban J connectivity index is 2.10. The Morgan fingerprint density at radius 2 is 2.29 bits per heavy atom. The molecule has 0 aromatic carbocycles. The monoisotopic (exact) mass is 215 g/mol. The molecule has 1 aliphatic rings. The third-order valence-corrected chi connectivity index (χ3v) is 3.32.